The minimum absolute atomic E-state index is 0.0669. The molecule has 3 rings (SSSR count). The fourth-order valence-electron chi connectivity index (χ4n) is 3.28. The quantitative estimate of drug-likeness (QED) is 0.609. The predicted molar refractivity (Wildman–Crippen MR) is 57.8 cm³/mol. The van der Waals surface area contributed by atoms with Crippen LogP contribution in [0.1, 0.15) is 31.7 Å². The first-order chi connectivity index (χ1) is 7.66. The van der Waals surface area contributed by atoms with E-state index in [2.05, 4.69) is 5.10 Å². The molecule has 6 nitrogen and oxygen atoms in total. The smallest absolute Gasteiger partial charge is 0.330 e. The van der Waals surface area contributed by atoms with Gasteiger partial charge in [0.05, 0.1) is 11.0 Å². The maximum atomic E-state index is 10.7. The lowest BCUT2D eigenvalue weighted by atomic mass is 9.95. The molecule has 1 heterocycles. The van der Waals surface area contributed by atoms with E-state index in [0.717, 1.165) is 12.3 Å². The average Bonchev–Trinajstić information content (AvgIpc) is 2.90. The van der Waals surface area contributed by atoms with Gasteiger partial charge in [-0.1, -0.05) is 6.42 Å². The van der Waals surface area contributed by atoms with Crippen molar-refractivity contribution in [1.82, 2.24) is 9.78 Å². The van der Waals surface area contributed by atoms with Crippen LogP contribution in [0.2, 0.25) is 0 Å². The molecule has 2 aliphatic carbocycles. The third kappa shape index (κ3) is 1.22. The molecule has 1 aromatic rings. The van der Waals surface area contributed by atoms with E-state index in [0.29, 0.717) is 5.92 Å². The van der Waals surface area contributed by atoms with Crippen LogP contribution in [0.3, 0.4) is 0 Å². The summed E-state index contributed by atoms with van der Waals surface area (Å²) in [6.07, 6.45) is 6.08. The molecule has 2 aliphatic rings. The Balaban J connectivity index is 1.93. The van der Waals surface area contributed by atoms with Crippen LogP contribution in [-0.4, -0.2) is 14.7 Å². The molecule has 0 saturated heterocycles. The Morgan fingerprint density at radius 2 is 2.31 bits per heavy atom. The van der Waals surface area contributed by atoms with E-state index in [9.17, 15) is 10.1 Å². The molecule has 0 spiro atoms. The van der Waals surface area contributed by atoms with Crippen molar-refractivity contribution in [2.45, 2.75) is 31.7 Å². The van der Waals surface area contributed by atoms with Crippen molar-refractivity contribution >= 4 is 11.5 Å². The first-order valence-corrected chi connectivity index (χ1v) is 5.64. The fourth-order valence-corrected chi connectivity index (χ4v) is 3.28. The minimum atomic E-state index is -0.466. The molecule has 16 heavy (non-hydrogen) atoms. The van der Waals surface area contributed by atoms with Crippen molar-refractivity contribution in [3.63, 3.8) is 0 Å². The summed E-state index contributed by atoms with van der Waals surface area (Å²) in [7, 11) is 0. The maximum Gasteiger partial charge on any atom is 0.330 e. The molecule has 6 heteroatoms. The molecular weight excluding hydrogens is 208 g/mol. The SMILES string of the molecule is Nc1c([N+](=O)[O-])cnn1C1CC2CCC1C2. The van der Waals surface area contributed by atoms with Crippen LogP contribution in [0, 0.1) is 22.0 Å². The third-order valence-electron chi connectivity index (χ3n) is 4.03. The molecule has 2 N–H and O–H groups in total. The summed E-state index contributed by atoms with van der Waals surface area (Å²) < 4.78 is 1.67. The van der Waals surface area contributed by atoms with Gasteiger partial charge >= 0.3 is 5.69 Å². The normalized spacial score (nSPS) is 32.1. The Hall–Kier alpha value is -1.59. The van der Waals surface area contributed by atoms with Gasteiger partial charge in [-0.15, -0.1) is 0 Å². The first kappa shape index (κ1) is 9.62. The van der Waals surface area contributed by atoms with Gasteiger partial charge < -0.3 is 5.73 Å². The van der Waals surface area contributed by atoms with Crippen LogP contribution in [0.25, 0.3) is 0 Å². The zero-order valence-electron chi connectivity index (χ0n) is 8.87. The number of hydrogen-bond donors (Lipinski definition) is 1. The van der Waals surface area contributed by atoms with Gasteiger partial charge in [-0.05, 0) is 31.1 Å². The van der Waals surface area contributed by atoms with Gasteiger partial charge in [0.1, 0.15) is 6.20 Å². The lowest BCUT2D eigenvalue weighted by molar-refractivity contribution is -0.384. The lowest BCUT2D eigenvalue weighted by Gasteiger charge is -2.22. The summed E-state index contributed by atoms with van der Waals surface area (Å²) in [5, 5.41) is 14.8. The van der Waals surface area contributed by atoms with E-state index in [-0.39, 0.29) is 17.5 Å². The monoisotopic (exact) mass is 222 g/mol. The number of aromatic nitrogens is 2. The highest BCUT2D eigenvalue weighted by molar-refractivity contribution is 5.51. The first-order valence-electron chi connectivity index (χ1n) is 5.64. The number of fused-ring (bicyclic) bond motifs is 2. The van der Waals surface area contributed by atoms with Gasteiger partial charge in [-0.3, -0.25) is 10.1 Å². The lowest BCUT2D eigenvalue weighted by Crippen LogP contribution is -2.19. The number of hydrogen-bond acceptors (Lipinski definition) is 4. The van der Waals surface area contributed by atoms with Crippen LogP contribution < -0.4 is 5.73 Å². The zero-order valence-corrected chi connectivity index (χ0v) is 8.87. The van der Waals surface area contributed by atoms with Gasteiger partial charge in [0.25, 0.3) is 0 Å². The molecule has 3 atom stereocenters. The highest BCUT2D eigenvalue weighted by Crippen LogP contribution is 2.51. The largest absolute Gasteiger partial charge is 0.378 e. The summed E-state index contributed by atoms with van der Waals surface area (Å²) in [6.45, 7) is 0. The van der Waals surface area contributed by atoms with Gasteiger partial charge in [0.15, 0.2) is 0 Å². The topological polar surface area (TPSA) is 87.0 Å². The molecule has 3 unspecified atom stereocenters. The van der Waals surface area contributed by atoms with Gasteiger partial charge in [0.2, 0.25) is 5.82 Å². The van der Waals surface area contributed by atoms with Crippen LogP contribution in [0.5, 0.6) is 0 Å². The average molecular weight is 222 g/mol. The van der Waals surface area contributed by atoms with Crippen LogP contribution in [-0.2, 0) is 0 Å². The van der Waals surface area contributed by atoms with E-state index < -0.39 is 4.92 Å². The molecule has 0 aromatic carbocycles. The van der Waals surface area contributed by atoms with Crippen LogP contribution in [0.15, 0.2) is 6.20 Å². The van der Waals surface area contributed by atoms with Gasteiger partial charge in [-0.2, -0.15) is 5.10 Å². The number of nitrogens with two attached hydrogens (primary N) is 1. The van der Waals surface area contributed by atoms with E-state index in [1.165, 1.54) is 25.5 Å². The number of rotatable bonds is 2. The van der Waals surface area contributed by atoms with E-state index in [1.54, 1.807) is 4.68 Å². The predicted octanol–water partition coefficient (Wildman–Crippen LogP) is 1.73. The second-order valence-electron chi connectivity index (χ2n) is 4.86. The maximum absolute atomic E-state index is 10.7. The van der Waals surface area contributed by atoms with Crippen LogP contribution in [0.4, 0.5) is 11.5 Å². The summed E-state index contributed by atoms with van der Waals surface area (Å²) in [5.41, 5.74) is 5.71. The van der Waals surface area contributed by atoms with Crippen molar-refractivity contribution in [2.24, 2.45) is 11.8 Å². The van der Waals surface area contributed by atoms with E-state index >= 15 is 0 Å². The highest BCUT2D eigenvalue weighted by atomic mass is 16.6. The van der Waals surface area contributed by atoms with Crippen molar-refractivity contribution in [2.75, 3.05) is 5.73 Å². The summed E-state index contributed by atoms with van der Waals surface area (Å²) in [6, 6.07) is 0.285. The highest BCUT2D eigenvalue weighted by Gasteiger charge is 2.42. The molecule has 2 bridgehead atoms. The molecule has 86 valence electrons. The van der Waals surface area contributed by atoms with Gasteiger partial charge in [-0.25, -0.2) is 4.68 Å². The molecule has 0 amide bonds. The summed E-state index contributed by atoms with van der Waals surface area (Å²) in [4.78, 5) is 10.2. The number of nitrogens with zero attached hydrogens (tertiary/aromatic N) is 3. The van der Waals surface area contributed by atoms with Gasteiger partial charge in [0, 0.05) is 0 Å². The summed E-state index contributed by atoms with van der Waals surface area (Å²) in [5.74, 6) is 1.60. The second kappa shape index (κ2) is 3.20. The van der Waals surface area contributed by atoms with E-state index in [4.69, 9.17) is 5.73 Å². The minimum Gasteiger partial charge on any atom is -0.378 e. The Bertz CT molecular complexity index is 442. The molecule has 0 aliphatic heterocycles. The fraction of sp³-hybridized carbons (Fsp3) is 0.700. The molecule has 2 fully saturated rings. The molecule has 0 radical (unpaired) electrons. The molecule has 1 aromatic heterocycles. The van der Waals surface area contributed by atoms with Crippen molar-refractivity contribution in [1.29, 1.82) is 0 Å². The van der Waals surface area contributed by atoms with Crippen molar-refractivity contribution in [3.8, 4) is 0 Å². The number of anilines is 1. The number of nitrogen functional groups attached to an aromatic ring is 1. The summed E-state index contributed by atoms with van der Waals surface area (Å²) >= 11 is 0. The number of nitro groups is 1. The Morgan fingerprint density at radius 1 is 1.50 bits per heavy atom. The Kier molecular flexibility index (Phi) is 1.92. The Labute approximate surface area is 92.6 Å². The third-order valence-corrected chi connectivity index (χ3v) is 4.03. The molecular formula is C10H14N4O2. The zero-order chi connectivity index (χ0) is 11.3. The van der Waals surface area contributed by atoms with Crippen molar-refractivity contribution in [3.05, 3.63) is 16.3 Å². The Morgan fingerprint density at radius 3 is 2.81 bits per heavy atom. The van der Waals surface area contributed by atoms with Crippen molar-refractivity contribution < 1.29 is 4.92 Å². The second-order valence-corrected chi connectivity index (χ2v) is 4.86. The molecule has 2 saturated carbocycles. The standard InChI is InChI=1S/C10H14N4O2/c11-10-9(14(15)16)5-12-13(10)8-4-6-1-2-7(8)3-6/h5-8H,1-4,11H2. The van der Waals surface area contributed by atoms with E-state index in [1.807, 2.05) is 0 Å². The van der Waals surface area contributed by atoms with Crippen LogP contribution >= 0.6 is 0 Å².